The van der Waals surface area contributed by atoms with E-state index in [0.29, 0.717) is 28.0 Å². The van der Waals surface area contributed by atoms with E-state index in [1.807, 2.05) is 47.4 Å². The van der Waals surface area contributed by atoms with Crippen LogP contribution >= 0.6 is 0 Å². The maximum atomic E-state index is 14.6. The van der Waals surface area contributed by atoms with Crippen molar-refractivity contribution in [1.29, 1.82) is 0 Å². The van der Waals surface area contributed by atoms with E-state index >= 15 is 0 Å². The van der Waals surface area contributed by atoms with Crippen molar-refractivity contribution in [1.82, 2.24) is 4.98 Å². The molecule has 4 aromatic rings. The van der Waals surface area contributed by atoms with Gasteiger partial charge in [0.25, 0.3) is 0 Å². The number of Topliss-reactive ketones (excluding diaryl/α,β-unsaturated/α-hetero) is 3. The second-order valence-electron chi connectivity index (χ2n) is 10.5. The van der Waals surface area contributed by atoms with Crippen molar-refractivity contribution in [3.63, 3.8) is 0 Å². The Morgan fingerprint density at radius 3 is 2.20 bits per heavy atom. The van der Waals surface area contributed by atoms with Crippen LogP contribution in [0, 0.1) is 5.41 Å². The molecule has 7 rings (SSSR count). The number of carbonyl (C=O) groups is 4. The van der Waals surface area contributed by atoms with Gasteiger partial charge in [0.05, 0.1) is 6.04 Å². The number of rotatable bonds is 4. The van der Waals surface area contributed by atoms with Crippen molar-refractivity contribution < 1.29 is 23.9 Å². The fraction of sp³-hybridized carbons (Fsp3) is 0.147. The number of aromatic nitrogens is 1. The summed E-state index contributed by atoms with van der Waals surface area (Å²) < 4.78 is 5.17. The fourth-order valence-electron chi connectivity index (χ4n) is 6.87. The van der Waals surface area contributed by atoms with E-state index < -0.39 is 29.4 Å². The number of ketones is 3. The molecule has 1 spiro atoms. The van der Waals surface area contributed by atoms with Gasteiger partial charge in [-0.3, -0.25) is 24.2 Å². The van der Waals surface area contributed by atoms with Gasteiger partial charge < -0.3 is 9.64 Å². The zero-order valence-corrected chi connectivity index (χ0v) is 22.1. The molecule has 41 heavy (non-hydrogen) atoms. The molecule has 3 atom stereocenters. The van der Waals surface area contributed by atoms with Gasteiger partial charge in [0.2, 0.25) is 0 Å². The van der Waals surface area contributed by atoms with E-state index in [1.165, 1.54) is 6.92 Å². The van der Waals surface area contributed by atoms with Gasteiger partial charge in [-0.05, 0) is 47.5 Å². The zero-order chi connectivity index (χ0) is 28.3. The maximum Gasteiger partial charge on any atom is 0.308 e. The first-order valence-electron chi connectivity index (χ1n) is 13.4. The van der Waals surface area contributed by atoms with Crippen LogP contribution in [0.25, 0.3) is 6.08 Å². The Morgan fingerprint density at radius 2 is 1.54 bits per heavy atom. The average molecular weight is 541 g/mol. The van der Waals surface area contributed by atoms with E-state index in [0.717, 1.165) is 11.3 Å². The van der Waals surface area contributed by atoms with Crippen LogP contribution in [0.3, 0.4) is 0 Å². The molecule has 2 aliphatic heterocycles. The Balaban J connectivity index is 1.48. The summed E-state index contributed by atoms with van der Waals surface area (Å²) in [5, 5.41) is 0. The largest absolute Gasteiger partial charge is 0.427 e. The molecule has 7 nitrogen and oxygen atoms in total. The van der Waals surface area contributed by atoms with E-state index in [4.69, 9.17) is 4.74 Å². The number of para-hydroxylation sites is 1. The summed E-state index contributed by atoms with van der Waals surface area (Å²) in [5.41, 5.74) is 1.85. The highest BCUT2D eigenvalue weighted by Crippen LogP contribution is 2.60. The van der Waals surface area contributed by atoms with Crippen molar-refractivity contribution in [2.24, 2.45) is 5.41 Å². The summed E-state index contributed by atoms with van der Waals surface area (Å²) in [6.07, 6.45) is 7.10. The highest BCUT2D eigenvalue weighted by atomic mass is 16.5. The molecule has 3 aliphatic rings. The number of esters is 1. The van der Waals surface area contributed by atoms with E-state index in [-0.39, 0.29) is 17.3 Å². The lowest BCUT2D eigenvalue weighted by Crippen LogP contribution is -2.48. The highest BCUT2D eigenvalue weighted by Gasteiger charge is 2.71. The molecule has 0 N–H and O–H groups in total. The van der Waals surface area contributed by atoms with Crippen LogP contribution in [0.2, 0.25) is 0 Å². The third-order valence-electron chi connectivity index (χ3n) is 8.43. The predicted octanol–water partition coefficient (Wildman–Crippen LogP) is 5.32. The van der Waals surface area contributed by atoms with Gasteiger partial charge in [0.15, 0.2) is 17.3 Å². The summed E-state index contributed by atoms with van der Waals surface area (Å²) >= 11 is 0. The quantitative estimate of drug-likeness (QED) is 0.150. The maximum absolute atomic E-state index is 14.6. The number of nitrogens with zero attached hydrogens (tertiary/aromatic N) is 2. The summed E-state index contributed by atoms with van der Waals surface area (Å²) in [5.74, 6) is -1.79. The summed E-state index contributed by atoms with van der Waals surface area (Å²) in [6, 6.07) is 22.9. The highest BCUT2D eigenvalue weighted by molar-refractivity contribution is 6.32. The molecule has 3 heterocycles. The third kappa shape index (κ3) is 3.48. The molecule has 0 amide bonds. The number of hydrogen-bond acceptors (Lipinski definition) is 7. The topological polar surface area (TPSA) is 93.6 Å². The van der Waals surface area contributed by atoms with E-state index in [1.54, 1.807) is 67.0 Å². The number of anilines is 1. The Morgan fingerprint density at radius 1 is 0.854 bits per heavy atom. The third-order valence-corrected chi connectivity index (χ3v) is 8.43. The minimum absolute atomic E-state index is 0.253. The molecule has 1 saturated heterocycles. The molecular formula is C34H24N2O5. The molecule has 0 radical (unpaired) electrons. The Bertz CT molecular complexity index is 1740. The van der Waals surface area contributed by atoms with Crippen LogP contribution in [0.15, 0.2) is 103 Å². The smallest absolute Gasteiger partial charge is 0.308 e. The lowest BCUT2D eigenvalue weighted by molar-refractivity contribution is -0.131. The van der Waals surface area contributed by atoms with Crippen molar-refractivity contribution in [2.45, 2.75) is 24.9 Å². The van der Waals surface area contributed by atoms with Gasteiger partial charge >= 0.3 is 5.97 Å². The van der Waals surface area contributed by atoms with Gasteiger partial charge in [-0.2, -0.15) is 0 Å². The van der Waals surface area contributed by atoms with E-state index in [9.17, 15) is 19.2 Å². The summed E-state index contributed by atoms with van der Waals surface area (Å²) in [7, 11) is 0. The summed E-state index contributed by atoms with van der Waals surface area (Å²) in [6.45, 7) is 1.31. The van der Waals surface area contributed by atoms with Gasteiger partial charge in [-0.15, -0.1) is 0 Å². The molecule has 200 valence electrons. The van der Waals surface area contributed by atoms with E-state index in [2.05, 4.69) is 4.98 Å². The zero-order valence-electron chi connectivity index (χ0n) is 22.1. The van der Waals surface area contributed by atoms with Crippen molar-refractivity contribution in [3.8, 4) is 5.75 Å². The van der Waals surface area contributed by atoms with Crippen molar-refractivity contribution >= 4 is 35.1 Å². The molecule has 1 aliphatic carbocycles. The average Bonchev–Trinajstić information content (AvgIpc) is 3.43. The minimum atomic E-state index is -1.57. The van der Waals surface area contributed by atoms with Crippen molar-refractivity contribution in [2.75, 3.05) is 4.90 Å². The molecule has 1 aromatic heterocycles. The van der Waals surface area contributed by atoms with Crippen LogP contribution < -0.4 is 9.64 Å². The molecule has 1 unspecified atom stereocenters. The Kier molecular flexibility index (Phi) is 5.57. The van der Waals surface area contributed by atoms with Gasteiger partial charge in [0, 0.05) is 47.6 Å². The first-order chi connectivity index (χ1) is 19.9. The van der Waals surface area contributed by atoms with Crippen LogP contribution in [0.5, 0.6) is 5.75 Å². The van der Waals surface area contributed by atoms with Gasteiger partial charge in [0.1, 0.15) is 17.2 Å². The number of fused-ring (bicyclic) bond motifs is 5. The van der Waals surface area contributed by atoms with Crippen LogP contribution in [0.1, 0.15) is 55.0 Å². The standard InChI is InChI=1S/C34H24N2O5/c1-20(37)41-24-15-12-22(13-16-24)31(38)30-29(23-8-6-18-35-19-23)34(32(39)25-9-3-4-10-26(25)33(34)40)28-17-14-21-7-2-5-11-27(21)36(28)30/h2-19,28-30H,1H3/t28?,29-,30+/m0/s1. The monoisotopic (exact) mass is 540 g/mol. The first kappa shape index (κ1) is 24.8. The van der Waals surface area contributed by atoms with Crippen molar-refractivity contribution in [3.05, 3.63) is 131 Å². The molecule has 0 bridgehead atoms. The van der Waals surface area contributed by atoms with Crippen LogP contribution in [0.4, 0.5) is 5.69 Å². The molecule has 0 saturated carbocycles. The van der Waals surface area contributed by atoms with Crippen LogP contribution in [-0.2, 0) is 4.79 Å². The lowest BCUT2D eigenvalue weighted by Gasteiger charge is -2.37. The molecule has 7 heteroatoms. The molecule has 1 fully saturated rings. The van der Waals surface area contributed by atoms with Gasteiger partial charge in [-0.25, -0.2) is 0 Å². The Labute approximate surface area is 236 Å². The number of ether oxygens (including phenoxy) is 1. The second kappa shape index (κ2) is 9.20. The molecule has 3 aromatic carbocycles. The Hall–Kier alpha value is -5.17. The lowest BCUT2D eigenvalue weighted by atomic mass is 9.64. The molecular weight excluding hydrogens is 516 g/mol. The number of pyridine rings is 1. The number of hydrogen-bond donors (Lipinski definition) is 0. The number of benzene rings is 3. The fourth-order valence-corrected chi connectivity index (χ4v) is 6.87. The van der Waals surface area contributed by atoms with Crippen LogP contribution in [-0.4, -0.2) is 40.4 Å². The normalized spacial score (nSPS) is 21.4. The summed E-state index contributed by atoms with van der Waals surface area (Å²) in [4.78, 5) is 61.5. The second-order valence-corrected chi connectivity index (χ2v) is 10.5. The number of carbonyl (C=O) groups excluding carboxylic acids is 4. The predicted molar refractivity (Wildman–Crippen MR) is 152 cm³/mol. The SMILES string of the molecule is CC(=O)Oc1ccc(C(=O)[C@H]2[C@H](c3cccnc3)C3(C(=O)c4ccccc4C3=O)C3C=Cc4ccccc4N32)cc1. The van der Waals surface area contributed by atoms with Gasteiger partial charge in [-0.1, -0.05) is 60.7 Å². The minimum Gasteiger partial charge on any atom is -0.427 e. The first-order valence-corrected chi connectivity index (χ1v) is 13.4.